The zero-order valence-electron chi connectivity index (χ0n) is 9.98. The monoisotopic (exact) mass is 231 g/mol. The molecule has 90 valence electrons. The van der Waals surface area contributed by atoms with E-state index < -0.39 is 0 Å². The fourth-order valence-electron chi connectivity index (χ4n) is 2.02. The number of allylic oxidation sites excluding steroid dienone is 2. The molecule has 0 spiro atoms. The first kappa shape index (κ1) is 11.7. The van der Waals surface area contributed by atoms with E-state index >= 15 is 0 Å². The summed E-state index contributed by atoms with van der Waals surface area (Å²) in [6, 6.07) is 7.41. The summed E-state index contributed by atoms with van der Waals surface area (Å²) >= 11 is 0. The predicted octanol–water partition coefficient (Wildman–Crippen LogP) is 2.99. The van der Waals surface area contributed by atoms with Crippen LogP contribution < -0.4 is 10.1 Å². The van der Waals surface area contributed by atoms with Crippen molar-refractivity contribution in [1.82, 2.24) is 0 Å². The number of nitrogens with one attached hydrogen (secondary N) is 1. The molecule has 1 atom stereocenters. The molecule has 1 aromatic carbocycles. The predicted molar refractivity (Wildman–Crippen MR) is 68.1 cm³/mol. The van der Waals surface area contributed by atoms with Crippen LogP contribution in [0.25, 0.3) is 0 Å². The zero-order valence-corrected chi connectivity index (χ0v) is 9.98. The van der Waals surface area contributed by atoms with Gasteiger partial charge in [-0.1, -0.05) is 18.2 Å². The van der Waals surface area contributed by atoms with E-state index in [9.17, 15) is 4.79 Å². The maximum Gasteiger partial charge on any atom is 0.224 e. The van der Waals surface area contributed by atoms with Crippen LogP contribution in [0.15, 0.2) is 36.4 Å². The van der Waals surface area contributed by atoms with Crippen molar-refractivity contribution in [2.75, 3.05) is 12.4 Å². The van der Waals surface area contributed by atoms with Gasteiger partial charge in [-0.25, -0.2) is 0 Å². The van der Waals surface area contributed by atoms with Crippen molar-refractivity contribution in [1.29, 1.82) is 0 Å². The lowest BCUT2D eigenvalue weighted by Gasteiger charge is -2.09. The van der Waals surface area contributed by atoms with E-state index in [0.29, 0.717) is 12.3 Å². The number of ether oxygens (including phenoxy) is 1. The van der Waals surface area contributed by atoms with Gasteiger partial charge in [0, 0.05) is 18.2 Å². The first-order valence-corrected chi connectivity index (χ1v) is 5.88. The molecule has 0 unspecified atom stereocenters. The number of benzene rings is 1. The molecule has 0 saturated heterocycles. The quantitative estimate of drug-likeness (QED) is 0.809. The van der Waals surface area contributed by atoms with Gasteiger partial charge >= 0.3 is 0 Å². The Morgan fingerprint density at radius 2 is 2.41 bits per heavy atom. The summed E-state index contributed by atoms with van der Waals surface area (Å²) in [4.78, 5) is 11.8. The fraction of sp³-hybridized carbons (Fsp3) is 0.357. The topological polar surface area (TPSA) is 38.3 Å². The summed E-state index contributed by atoms with van der Waals surface area (Å²) in [5.74, 6) is 1.22. The molecule has 0 fully saturated rings. The summed E-state index contributed by atoms with van der Waals surface area (Å²) in [7, 11) is 1.62. The number of hydrogen-bond donors (Lipinski definition) is 1. The maximum absolute atomic E-state index is 11.8. The van der Waals surface area contributed by atoms with Crippen molar-refractivity contribution in [3.8, 4) is 5.75 Å². The van der Waals surface area contributed by atoms with Crippen molar-refractivity contribution in [3.05, 3.63) is 36.4 Å². The highest BCUT2D eigenvalue weighted by atomic mass is 16.5. The molecule has 1 aliphatic carbocycles. The van der Waals surface area contributed by atoms with Crippen LogP contribution in [0.2, 0.25) is 0 Å². The van der Waals surface area contributed by atoms with Crippen LogP contribution in [0.3, 0.4) is 0 Å². The van der Waals surface area contributed by atoms with Gasteiger partial charge in [0.05, 0.1) is 7.11 Å². The van der Waals surface area contributed by atoms with E-state index in [-0.39, 0.29) is 5.91 Å². The van der Waals surface area contributed by atoms with Crippen molar-refractivity contribution in [2.24, 2.45) is 5.92 Å². The number of carbonyl (C=O) groups is 1. The van der Waals surface area contributed by atoms with Gasteiger partial charge in [-0.05, 0) is 30.9 Å². The minimum atomic E-state index is 0.0646. The van der Waals surface area contributed by atoms with E-state index in [0.717, 1.165) is 24.3 Å². The van der Waals surface area contributed by atoms with Gasteiger partial charge in [-0.2, -0.15) is 0 Å². The summed E-state index contributed by atoms with van der Waals surface area (Å²) in [5.41, 5.74) is 0.788. The Balaban J connectivity index is 1.90. The minimum absolute atomic E-state index is 0.0646. The largest absolute Gasteiger partial charge is 0.497 e. The number of methoxy groups -OCH3 is 1. The summed E-state index contributed by atoms with van der Waals surface area (Å²) < 4.78 is 5.11. The summed E-state index contributed by atoms with van der Waals surface area (Å²) in [5, 5.41) is 2.89. The standard InChI is InChI=1S/C14H17NO2/c1-17-13-8-4-7-12(10-13)15-14(16)9-11-5-2-3-6-11/h2,4-5,7-8,10-11H,3,6,9H2,1H3,(H,15,16)/t11-/m0/s1. The number of amides is 1. The maximum atomic E-state index is 11.8. The molecule has 3 nitrogen and oxygen atoms in total. The van der Waals surface area contributed by atoms with E-state index in [1.165, 1.54) is 0 Å². The van der Waals surface area contributed by atoms with E-state index in [2.05, 4.69) is 17.5 Å². The van der Waals surface area contributed by atoms with Crippen molar-refractivity contribution in [2.45, 2.75) is 19.3 Å². The third-order valence-electron chi connectivity index (χ3n) is 2.91. The molecule has 1 N–H and O–H groups in total. The number of rotatable bonds is 4. The molecular formula is C14H17NO2. The van der Waals surface area contributed by atoms with Crippen LogP contribution in [0.1, 0.15) is 19.3 Å². The van der Waals surface area contributed by atoms with Gasteiger partial charge in [-0.15, -0.1) is 0 Å². The van der Waals surface area contributed by atoms with Crippen molar-refractivity contribution in [3.63, 3.8) is 0 Å². The lowest BCUT2D eigenvalue weighted by atomic mass is 10.1. The normalized spacial score (nSPS) is 18.1. The third kappa shape index (κ3) is 3.34. The number of hydrogen-bond acceptors (Lipinski definition) is 2. The first-order chi connectivity index (χ1) is 8.28. The van der Waals surface area contributed by atoms with Gasteiger partial charge in [0.1, 0.15) is 5.75 Å². The Morgan fingerprint density at radius 3 is 3.12 bits per heavy atom. The third-order valence-corrected chi connectivity index (χ3v) is 2.91. The molecule has 17 heavy (non-hydrogen) atoms. The molecular weight excluding hydrogens is 214 g/mol. The second kappa shape index (κ2) is 5.53. The van der Waals surface area contributed by atoms with Gasteiger partial charge in [0.2, 0.25) is 5.91 Å². The lowest BCUT2D eigenvalue weighted by Crippen LogP contribution is -2.14. The average Bonchev–Trinajstić information content (AvgIpc) is 2.82. The van der Waals surface area contributed by atoms with Crippen LogP contribution in [0.4, 0.5) is 5.69 Å². The second-order valence-electron chi connectivity index (χ2n) is 4.25. The SMILES string of the molecule is COc1cccc(NC(=O)C[C@H]2C=CCC2)c1. The fourth-order valence-corrected chi connectivity index (χ4v) is 2.02. The van der Waals surface area contributed by atoms with Crippen LogP contribution in [0, 0.1) is 5.92 Å². The molecule has 1 aromatic rings. The smallest absolute Gasteiger partial charge is 0.224 e. The first-order valence-electron chi connectivity index (χ1n) is 5.88. The summed E-state index contributed by atoms with van der Waals surface area (Å²) in [6.07, 6.45) is 7.02. The Kier molecular flexibility index (Phi) is 3.81. The Labute approximate surface area is 101 Å². The summed E-state index contributed by atoms with van der Waals surface area (Å²) in [6.45, 7) is 0. The Bertz CT molecular complexity index is 426. The van der Waals surface area contributed by atoms with Crippen molar-refractivity contribution >= 4 is 11.6 Å². The number of carbonyl (C=O) groups excluding carboxylic acids is 1. The molecule has 0 heterocycles. The molecule has 0 bridgehead atoms. The van der Waals surface area contributed by atoms with Crippen LogP contribution in [-0.2, 0) is 4.79 Å². The molecule has 0 radical (unpaired) electrons. The van der Waals surface area contributed by atoms with E-state index in [1.54, 1.807) is 7.11 Å². The van der Waals surface area contributed by atoms with E-state index in [1.807, 2.05) is 24.3 Å². The van der Waals surface area contributed by atoms with Gasteiger partial charge in [0.25, 0.3) is 0 Å². The zero-order chi connectivity index (χ0) is 12.1. The second-order valence-corrected chi connectivity index (χ2v) is 4.25. The van der Waals surface area contributed by atoms with Crippen LogP contribution >= 0.6 is 0 Å². The minimum Gasteiger partial charge on any atom is -0.497 e. The van der Waals surface area contributed by atoms with E-state index in [4.69, 9.17) is 4.74 Å². The molecule has 0 aromatic heterocycles. The molecule has 0 saturated carbocycles. The van der Waals surface area contributed by atoms with Crippen LogP contribution in [-0.4, -0.2) is 13.0 Å². The van der Waals surface area contributed by atoms with Crippen LogP contribution in [0.5, 0.6) is 5.75 Å². The highest BCUT2D eigenvalue weighted by Crippen LogP contribution is 2.22. The lowest BCUT2D eigenvalue weighted by molar-refractivity contribution is -0.116. The highest BCUT2D eigenvalue weighted by Gasteiger charge is 2.13. The van der Waals surface area contributed by atoms with Crippen molar-refractivity contribution < 1.29 is 9.53 Å². The Morgan fingerprint density at radius 1 is 1.53 bits per heavy atom. The average molecular weight is 231 g/mol. The molecule has 1 aliphatic rings. The molecule has 2 rings (SSSR count). The Hall–Kier alpha value is -1.77. The molecule has 0 aliphatic heterocycles. The van der Waals surface area contributed by atoms with Gasteiger partial charge < -0.3 is 10.1 Å². The number of anilines is 1. The molecule has 3 heteroatoms. The molecule has 1 amide bonds. The highest BCUT2D eigenvalue weighted by molar-refractivity contribution is 5.91. The van der Waals surface area contributed by atoms with Gasteiger partial charge in [-0.3, -0.25) is 4.79 Å². The van der Waals surface area contributed by atoms with Gasteiger partial charge in [0.15, 0.2) is 0 Å².